The number of anilines is 1. The van der Waals surface area contributed by atoms with Crippen LogP contribution in [-0.4, -0.2) is 20.9 Å². The number of nitro groups is 1. The second kappa shape index (κ2) is 6.06. The zero-order chi connectivity index (χ0) is 15.6. The van der Waals surface area contributed by atoms with E-state index < -0.39 is 16.5 Å². The molecule has 0 saturated heterocycles. The fourth-order valence-electron chi connectivity index (χ4n) is 1.55. The Morgan fingerprint density at radius 3 is 2.81 bits per heavy atom. The van der Waals surface area contributed by atoms with E-state index in [4.69, 9.17) is 11.6 Å². The van der Waals surface area contributed by atoms with Crippen LogP contribution in [0.1, 0.15) is 10.4 Å². The standard InChI is InChI=1S/C12H7BrClN3O4/c13-6-3-8(11(14)15-5-6)12(19)16-9-2-1-7(18)4-10(9)17(20)21/h1-5,18H,(H,16,19). The summed E-state index contributed by atoms with van der Waals surface area (Å²) >= 11 is 8.97. The number of amides is 1. The third-order valence-corrected chi connectivity index (χ3v) is 3.21. The highest BCUT2D eigenvalue weighted by Gasteiger charge is 2.19. The molecule has 1 aromatic carbocycles. The Morgan fingerprint density at radius 2 is 2.14 bits per heavy atom. The minimum atomic E-state index is -0.712. The van der Waals surface area contributed by atoms with Crippen LogP contribution in [0.2, 0.25) is 5.15 Å². The molecule has 0 unspecified atom stereocenters. The number of halogens is 2. The van der Waals surface area contributed by atoms with Crippen molar-refractivity contribution in [1.29, 1.82) is 0 Å². The summed E-state index contributed by atoms with van der Waals surface area (Å²) in [6.07, 6.45) is 1.42. The summed E-state index contributed by atoms with van der Waals surface area (Å²) in [5.74, 6) is -0.926. The van der Waals surface area contributed by atoms with Crippen molar-refractivity contribution < 1.29 is 14.8 Å². The Kier molecular flexibility index (Phi) is 4.39. The number of nitro benzene ring substituents is 1. The number of nitrogens with one attached hydrogen (secondary N) is 1. The summed E-state index contributed by atoms with van der Waals surface area (Å²) in [5, 5.41) is 22.5. The first-order valence-corrected chi connectivity index (χ1v) is 6.65. The zero-order valence-corrected chi connectivity index (χ0v) is 12.6. The average Bonchev–Trinajstić information content (AvgIpc) is 2.43. The Balaban J connectivity index is 2.36. The highest BCUT2D eigenvalue weighted by atomic mass is 79.9. The number of phenols is 1. The van der Waals surface area contributed by atoms with Crippen LogP contribution < -0.4 is 5.32 Å². The number of nitrogens with zero attached hydrogens (tertiary/aromatic N) is 2. The molecule has 0 aliphatic heterocycles. The zero-order valence-electron chi connectivity index (χ0n) is 10.2. The second-order valence-corrected chi connectivity index (χ2v) is 5.18. The van der Waals surface area contributed by atoms with Gasteiger partial charge in [0.1, 0.15) is 16.6 Å². The lowest BCUT2D eigenvalue weighted by atomic mass is 10.2. The SMILES string of the molecule is O=C(Nc1ccc(O)cc1[N+](=O)[O-])c1cc(Br)cnc1Cl. The molecule has 2 aromatic rings. The van der Waals surface area contributed by atoms with Crippen molar-refractivity contribution in [2.45, 2.75) is 0 Å². The monoisotopic (exact) mass is 371 g/mol. The van der Waals surface area contributed by atoms with Crippen LogP contribution in [-0.2, 0) is 0 Å². The number of phenolic OH excluding ortho intramolecular Hbond substituents is 1. The maximum absolute atomic E-state index is 12.1. The molecular weight excluding hydrogens is 366 g/mol. The molecule has 0 spiro atoms. The van der Waals surface area contributed by atoms with Gasteiger partial charge in [-0.1, -0.05) is 11.6 Å². The number of benzene rings is 1. The maximum atomic E-state index is 12.1. The van der Waals surface area contributed by atoms with Crippen LogP contribution in [0, 0.1) is 10.1 Å². The maximum Gasteiger partial charge on any atom is 0.296 e. The largest absolute Gasteiger partial charge is 0.508 e. The fourth-order valence-corrected chi connectivity index (χ4v) is 2.07. The second-order valence-electron chi connectivity index (χ2n) is 3.90. The third-order valence-electron chi connectivity index (χ3n) is 2.48. The smallest absolute Gasteiger partial charge is 0.296 e. The molecule has 0 saturated carbocycles. The Bertz CT molecular complexity index is 738. The van der Waals surface area contributed by atoms with Gasteiger partial charge in [-0.25, -0.2) is 4.98 Å². The summed E-state index contributed by atoms with van der Waals surface area (Å²) in [5.41, 5.74) is -0.422. The molecular formula is C12H7BrClN3O4. The van der Waals surface area contributed by atoms with Crippen molar-refractivity contribution in [3.8, 4) is 5.75 Å². The average molecular weight is 373 g/mol. The highest BCUT2D eigenvalue weighted by Crippen LogP contribution is 2.29. The van der Waals surface area contributed by atoms with Gasteiger partial charge < -0.3 is 10.4 Å². The summed E-state index contributed by atoms with van der Waals surface area (Å²) < 4.78 is 0.539. The normalized spacial score (nSPS) is 10.2. The van der Waals surface area contributed by atoms with Gasteiger partial charge in [-0.15, -0.1) is 0 Å². The summed E-state index contributed by atoms with van der Waals surface area (Å²) in [4.78, 5) is 26.1. The summed E-state index contributed by atoms with van der Waals surface area (Å²) in [6.45, 7) is 0. The van der Waals surface area contributed by atoms with E-state index in [9.17, 15) is 20.0 Å². The summed E-state index contributed by atoms with van der Waals surface area (Å²) in [7, 11) is 0. The van der Waals surface area contributed by atoms with Crippen LogP contribution in [0.15, 0.2) is 34.9 Å². The predicted molar refractivity (Wildman–Crippen MR) is 79.7 cm³/mol. The summed E-state index contributed by atoms with van der Waals surface area (Å²) in [6, 6.07) is 4.83. The molecule has 108 valence electrons. The predicted octanol–water partition coefficient (Wildman–Crippen LogP) is 3.36. The number of hydrogen-bond acceptors (Lipinski definition) is 5. The van der Waals surface area contributed by atoms with Crippen molar-refractivity contribution in [1.82, 2.24) is 4.98 Å². The number of rotatable bonds is 3. The molecule has 1 aromatic heterocycles. The van der Waals surface area contributed by atoms with Gasteiger partial charge in [0.15, 0.2) is 0 Å². The minimum absolute atomic E-state index is 0.0304. The van der Waals surface area contributed by atoms with E-state index in [2.05, 4.69) is 26.2 Å². The van der Waals surface area contributed by atoms with E-state index in [-0.39, 0.29) is 22.2 Å². The number of hydrogen-bond donors (Lipinski definition) is 2. The lowest BCUT2D eigenvalue weighted by Crippen LogP contribution is -2.14. The van der Waals surface area contributed by atoms with Gasteiger partial charge in [-0.3, -0.25) is 14.9 Å². The molecule has 1 heterocycles. The number of carbonyl (C=O) groups is 1. The number of aromatic nitrogens is 1. The van der Waals surface area contributed by atoms with Crippen LogP contribution in [0.3, 0.4) is 0 Å². The first kappa shape index (κ1) is 15.2. The van der Waals surface area contributed by atoms with Crippen molar-refractivity contribution >= 4 is 44.8 Å². The van der Waals surface area contributed by atoms with E-state index in [0.717, 1.165) is 6.07 Å². The Labute approximate surface area is 131 Å². The van der Waals surface area contributed by atoms with Crippen molar-refractivity contribution in [2.75, 3.05) is 5.32 Å². The van der Waals surface area contributed by atoms with Gasteiger partial charge in [0.2, 0.25) is 0 Å². The van der Waals surface area contributed by atoms with Crippen LogP contribution >= 0.6 is 27.5 Å². The number of aromatic hydroxyl groups is 1. The molecule has 9 heteroatoms. The number of pyridine rings is 1. The Hall–Kier alpha value is -2.19. The molecule has 2 N–H and O–H groups in total. The van der Waals surface area contributed by atoms with E-state index in [0.29, 0.717) is 4.47 Å². The topological polar surface area (TPSA) is 105 Å². The molecule has 2 rings (SSSR count). The lowest BCUT2D eigenvalue weighted by molar-refractivity contribution is -0.384. The molecule has 0 fully saturated rings. The van der Waals surface area contributed by atoms with E-state index in [1.54, 1.807) is 0 Å². The number of carbonyl (C=O) groups excluding carboxylic acids is 1. The van der Waals surface area contributed by atoms with Gasteiger partial charge in [0.05, 0.1) is 16.6 Å². The van der Waals surface area contributed by atoms with E-state index in [1.165, 1.54) is 24.4 Å². The first-order valence-electron chi connectivity index (χ1n) is 5.48. The lowest BCUT2D eigenvalue weighted by Gasteiger charge is -2.07. The Morgan fingerprint density at radius 1 is 1.43 bits per heavy atom. The molecule has 0 bridgehead atoms. The molecule has 7 nitrogen and oxygen atoms in total. The molecule has 0 aliphatic carbocycles. The third kappa shape index (κ3) is 3.47. The molecule has 0 radical (unpaired) electrons. The van der Waals surface area contributed by atoms with Gasteiger partial charge in [-0.2, -0.15) is 0 Å². The quantitative estimate of drug-likeness (QED) is 0.372. The van der Waals surface area contributed by atoms with Gasteiger partial charge in [-0.05, 0) is 34.1 Å². The van der Waals surface area contributed by atoms with E-state index in [1.807, 2.05) is 0 Å². The first-order chi connectivity index (χ1) is 9.88. The van der Waals surface area contributed by atoms with E-state index >= 15 is 0 Å². The minimum Gasteiger partial charge on any atom is -0.508 e. The van der Waals surface area contributed by atoms with Gasteiger partial charge in [0, 0.05) is 10.7 Å². The van der Waals surface area contributed by atoms with Crippen molar-refractivity contribution in [3.63, 3.8) is 0 Å². The van der Waals surface area contributed by atoms with Crippen molar-refractivity contribution in [3.05, 3.63) is 55.8 Å². The fraction of sp³-hybridized carbons (Fsp3) is 0. The van der Waals surface area contributed by atoms with Gasteiger partial charge in [0.25, 0.3) is 11.6 Å². The van der Waals surface area contributed by atoms with Crippen LogP contribution in [0.4, 0.5) is 11.4 Å². The van der Waals surface area contributed by atoms with Crippen LogP contribution in [0.25, 0.3) is 0 Å². The highest BCUT2D eigenvalue weighted by molar-refractivity contribution is 9.10. The van der Waals surface area contributed by atoms with Gasteiger partial charge >= 0.3 is 0 Å². The molecule has 1 amide bonds. The molecule has 0 atom stereocenters. The van der Waals surface area contributed by atoms with Crippen molar-refractivity contribution in [2.24, 2.45) is 0 Å². The molecule has 21 heavy (non-hydrogen) atoms. The van der Waals surface area contributed by atoms with Crippen LogP contribution in [0.5, 0.6) is 5.75 Å². The molecule has 0 aliphatic rings.